The average molecular weight is 382 g/mol. The minimum Gasteiger partial charge on any atom is -0.331 e. The van der Waals surface area contributed by atoms with Crippen LogP contribution in [-0.4, -0.2) is 33.0 Å². The Morgan fingerprint density at radius 2 is 1.64 bits per heavy atom. The summed E-state index contributed by atoms with van der Waals surface area (Å²) in [5.41, 5.74) is 1.67. The fourth-order valence-corrected chi connectivity index (χ4v) is 3.04. The Balaban J connectivity index is 1.48. The number of amides is 2. The predicted octanol–water partition coefficient (Wildman–Crippen LogP) is 3.07. The molecule has 1 N–H and O–H groups in total. The van der Waals surface area contributed by atoms with E-state index in [1.807, 2.05) is 0 Å². The van der Waals surface area contributed by atoms with Crippen LogP contribution in [0.3, 0.4) is 0 Å². The van der Waals surface area contributed by atoms with Crippen LogP contribution in [0.1, 0.15) is 26.5 Å². The Morgan fingerprint density at radius 3 is 2.32 bits per heavy atom. The highest BCUT2D eigenvalue weighted by molar-refractivity contribution is 6.04. The molecule has 0 saturated heterocycles. The molecule has 2 aromatic carbocycles. The Morgan fingerprint density at radius 1 is 1.00 bits per heavy atom. The third-order valence-corrected chi connectivity index (χ3v) is 4.49. The highest BCUT2D eigenvalue weighted by Gasteiger charge is 2.28. The summed E-state index contributed by atoms with van der Waals surface area (Å²) in [5.74, 6) is -1.46. The molecule has 6 nitrogen and oxygen atoms in total. The maximum absolute atomic E-state index is 13.0. The van der Waals surface area contributed by atoms with Gasteiger partial charge in [0.25, 0.3) is 11.8 Å². The molecule has 0 spiro atoms. The number of rotatable bonds is 4. The highest BCUT2D eigenvalue weighted by Crippen LogP contribution is 2.18. The van der Waals surface area contributed by atoms with Gasteiger partial charge in [-0.25, -0.2) is 8.78 Å². The van der Waals surface area contributed by atoms with Gasteiger partial charge in [0.15, 0.2) is 5.69 Å². The second-order valence-corrected chi connectivity index (χ2v) is 6.45. The number of nitrogens with zero attached hydrogens (tertiary/aromatic N) is 3. The van der Waals surface area contributed by atoms with E-state index in [2.05, 4.69) is 10.4 Å². The van der Waals surface area contributed by atoms with Crippen LogP contribution in [0.25, 0.3) is 0 Å². The molecule has 0 fully saturated rings. The summed E-state index contributed by atoms with van der Waals surface area (Å²) in [6, 6.07) is 12.8. The largest absolute Gasteiger partial charge is 0.331 e. The molecule has 28 heavy (non-hydrogen) atoms. The van der Waals surface area contributed by atoms with Gasteiger partial charge >= 0.3 is 0 Å². The lowest BCUT2D eigenvalue weighted by atomic mass is 10.2. The van der Waals surface area contributed by atoms with Crippen LogP contribution in [0.5, 0.6) is 0 Å². The zero-order valence-electron chi connectivity index (χ0n) is 14.7. The molecule has 142 valence electrons. The number of benzene rings is 2. The van der Waals surface area contributed by atoms with Crippen LogP contribution in [0, 0.1) is 11.6 Å². The van der Waals surface area contributed by atoms with Crippen molar-refractivity contribution in [1.29, 1.82) is 0 Å². The van der Waals surface area contributed by atoms with E-state index < -0.39 is 11.7 Å². The molecular formula is C20H16F2N4O2. The van der Waals surface area contributed by atoms with Gasteiger partial charge in [-0.3, -0.25) is 14.3 Å². The summed E-state index contributed by atoms with van der Waals surface area (Å²) in [6.07, 6.45) is 0. The summed E-state index contributed by atoms with van der Waals surface area (Å²) in [4.78, 5) is 26.8. The number of fused-ring (bicyclic) bond motifs is 1. The SMILES string of the molecule is O=C(Nc1ccc(F)cc1)c1cc2n(n1)CCN(Cc1ccc(F)cc1)C2=O. The van der Waals surface area contributed by atoms with Crippen molar-refractivity contribution in [2.75, 3.05) is 11.9 Å². The first-order valence-electron chi connectivity index (χ1n) is 8.68. The normalized spacial score (nSPS) is 13.4. The Kier molecular flexibility index (Phi) is 4.60. The molecule has 2 amide bonds. The van der Waals surface area contributed by atoms with Crippen molar-refractivity contribution in [3.05, 3.63) is 83.2 Å². The molecule has 1 aliphatic heterocycles. The van der Waals surface area contributed by atoms with Gasteiger partial charge in [-0.1, -0.05) is 12.1 Å². The highest BCUT2D eigenvalue weighted by atomic mass is 19.1. The number of nitrogens with one attached hydrogen (secondary N) is 1. The van der Waals surface area contributed by atoms with Crippen molar-refractivity contribution in [2.45, 2.75) is 13.1 Å². The molecule has 1 aliphatic rings. The maximum Gasteiger partial charge on any atom is 0.276 e. The van der Waals surface area contributed by atoms with Crippen LogP contribution in [0.4, 0.5) is 14.5 Å². The van der Waals surface area contributed by atoms with Crippen molar-refractivity contribution in [3.63, 3.8) is 0 Å². The molecule has 1 aromatic heterocycles. The molecular weight excluding hydrogens is 366 g/mol. The van der Waals surface area contributed by atoms with Gasteiger partial charge in [0.1, 0.15) is 17.3 Å². The second kappa shape index (κ2) is 7.22. The Hall–Kier alpha value is -3.55. The minimum atomic E-state index is -0.480. The molecule has 2 heterocycles. The number of anilines is 1. The Bertz CT molecular complexity index is 1030. The van der Waals surface area contributed by atoms with E-state index in [4.69, 9.17) is 0 Å². The summed E-state index contributed by atoms with van der Waals surface area (Å²) in [5, 5.41) is 6.83. The molecule has 8 heteroatoms. The van der Waals surface area contributed by atoms with Gasteiger partial charge in [-0.2, -0.15) is 5.10 Å². The maximum atomic E-state index is 13.0. The van der Waals surface area contributed by atoms with E-state index in [-0.39, 0.29) is 17.4 Å². The third kappa shape index (κ3) is 3.62. The number of hydrogen-bond acceptors (Lipinski definition) is 3. The topological polar surface area (TPSA) is 67.2 Å². The van der Waals surface area contributed by atoms with E-state index in [0.717, 1.165) is 5.56 Å². The van der Waals surface area contributed by atoms with Crippen LogP contribution in [0.15, 0.2) is 54.6 Å². The molecule has 0 radical (unpaired) electrons. The predicted molar refractivity (Wildman–Crippen MR) is 97.7 cm³/mol. The molecule has 0 saturated carbocycles. The fraction of sp³-hybridized carbons (Fsp3) is 0.150. The molecule has 0 bridgehead atoms. The van der Waals surface area contributed by atoms with Crippen molar-refractivity contribution in [2.24, 2.45) is 0 Å². The van der Waals surface area contributed by atoms with Gasteiger partial charge in [0.2, 0.25) is 0 Å². The Labute approximate surface area is 159 Å². The lowest BCUT2D eigenvalue weighted by Crippen LogP contribution is -2.39. The number of hydrogen-bond donors (Lipinski definition) is 1. The minimum absolute atomic E-state index is 0.108. The van der Waals surface area contributed by atoms with Gasteiger partial charge in [-0.15, -0.1) is 0 Å². The van der Waals surface area contributed by atoms with Crippen molar-refractivity contribution < 1.29 is 18.4 Å². The number of carbonyl (C=O) groups excluding carboxylic acids is 2. The molecule has 0 aliphatic carbocycles. The summed E-state index contributed by atoms with van der Waals surface area (Å²) in [7, 11) is 0. The van der Waals surface area contributed by atoms with E-state index in [9.17, 15) is 18.4 Å². The lowest BCUT2D eigenvalue weighted by Gasteiger charge is -2.27. The van der Waals surface area contributed by atoms with Gasteiger partial charge in [0.05, 0.1) is 6.54 Å². The number of carbonyl (C=O) groups is 2. The fourth-order valence-electron chi connectivity index (χ4n) is 3.04. The van der Waals surface area contributed by atoms with Crippen LogP contribution >= 0.6 is 0 Å². The number of aromatic nitrogens is 2. The molecule has 0 unspecified atom stereocenters. The van der Waals surface area contributed by atoms with E-state index in [1.54, 1.807) is 17.0 Å². The zero-order valence-corrected chi connectivity index (χ0v) is 14.7. The lowest BCUT2D eigenvalue weighted by molar-refractivity contribution is 0.0683. The van der Waals surface area contributed by atoms with Gasteiger partial charge in [-0.05, 0) is 42.0 Å². The summed E-state index contributed by atoms with van der Waals surface area (Å²) >= 11 is 0. The molecule has 3 aromatic rings. The summed E-state index contributed by atoms with van der Waals surface area (Å²) in [6.45, 7) is 1.23. The van der Waals surface area contributed by atoms with Crippen molar-refractivity contribution >= 4 is 17.5 Å². The van der Waals surface area contributed by atoms with Gasteiger partial charge < -0.3 is 10.2 Å². The molecule has 4 rings (SSSR count). The van der Waals surface area contributed by atoms with Crippen molar-refractivity contribution in [1.82, 2.24) is 14.7 Å². The van der Waals surface area contributed by atoms with Gasteiger partial charge in [0, 0.05) is 24.8 Å². The quantitative estimate of drug-likeness (QED) is 0.754. The molecule has 0 atom stereocenters. The van der Waals surface area contributed by atoms with Crippen LogP contribution in [-0.2, 0) is 13.1 Å². The van der Waals surface area contributed by atoms with E-state index >= 15 is 0 Å². The summed E-state index contributed by atoms with van der Waals surface area (Å²) < 4.78 is 27.5. The first kappa shape index (κ1) is 17.8. The monoisotopic (exact) mass is 382 g/mol. The average Bonchev–Trinajstić information content (AvgIpc) is 3.13. The first-order chi connectivity index (χ1) is 13.5. The number of halogens is 2. The van der Waals surface area contributed by atoms with Crippen LogP contribution < -0.4 is 5.32 Å². The standard InChI is InChI=1S/C20H16F2N4O2/c21-14-3-1-13(2-4-14)12-25-9-10-26-18(20(25)28)11-17(24-26)19(27)23-16-7-5-15(22)6-8-16/h1-8,11H,9-10,12H2,(H,23,27). The van der Waals surface area contributed by atoms with Crippen LogP contribution in [0.2, 0.25) is 0 Å². The third-order valence-electron chi connectivity index (χ3n) is 4.49. The van der Waals surface area contributed by atoms with E-state index in [1.165, 1.54) is 47.1 Å². The zero-order chi connectivity index (χ0) is 19.7. The first-order valence-corrected chi connectivity index (χ1v) is 8.68. The smallest absolute Gasteiger partial charge is 0.276 e. The second-order valence-electron chi connectivity index (χ2n) is 6.45. The van der Waals surface area contributed by atoms with E-state index in [0.29, 0.717) is 31.0 Å². The van der Waals surface area contributed by atoms with Crippen molar-refractivity contribution in [3.8, 4) is 0 Å².